The summed E-state index contributed by atoms with van der Waals surface area (Å²) in [6.07, 6.45) is 2.32. The zero-order valence-electron chi connectivity index (χ0n) is 22.5. The van der Waals surface area contributed by atoms with Gasteiger partial charge in [0.1, 0.15) is 10.5 Å². The van der Waals surface area contributed by atoms with Crippen molar-refractivity contribution in [2.45, 2.75) is 50.0 Å². The summed E-state index contributed by atoms with van der Waals surface area (Å²) >= 11 is 2.74. The molecule has 0 bridgehead atoms. The summed E-state index contributed by atoms with van der Waals surface area (Å²) in [7, 11) is 0. The van der Waals surface area contributed by atoms with Gasteiger partial charge in [-0.05, 0) is 39.5 Å². The molecule has 2 amide bonds. The molecule has 13 nitrogen and oxygen atoms in total. The van der Waals surface area contributed by atoms with E-state index < -0.39 is 11.7 Å². The molecule has 40 heavy (non-hydrogen) atoms. The summed E-state index contributed by atoms with van der Waals surface area (Å²) in [5.74, 6) is 1.29. The highest BCUT2D eigenvalue weighted by Crippen LogP contribution is 2.36. The van der Waals surface area contributed by atoms with E-state index in [0.29, 0.717) is 45.8 Å². The smallest absolute Gasteiger partial charge is 0.413 e. The predicted molar refractivity (Wildman–Crippen MR) is 154 cm³/mol. The van der Waals surface area contributed by atoms with E-state index in [1.165, 1.54) is 23.1 Å². The molecule has 0 aliphatic rings. The van der Waals surface area contributed by atoms with Crippen LogP contribution >= 0.6 is 23.1 Å². The number of fused-ring (bicyclic) bond motifs is 1. The minimum absolute atomic E-state index is 0.151. The lowest BCUT2D eigenvalue weighted by Gasteiger charge is -2.19. The lowest BCUT2D eigenvalue weighted by molar-refractivity contribution is -0.121. The van der Waals surface area contributed by atoms with Gasteiger partial charge in [0.2, 0.25) is 17.6 Å². The number of thioether (sulfide) groups is 1. The summed E-state index contributed by atoms with van der Waals surface area (Å²) in [6, 6.07) is 7.22. The molecule has 0 saturated carbocycles. The second kappa shape index (κ2) is 12.9. The van der Waals surface area contributed by atoms with Gasteiger partial charge in [-0.2, -0.15) is 10.1 Å². The maximum Gasteiger partial charge on any atom is 0.413 e. The first kappa shape index (κ1) is 29.0. The number of H-pyrrole nitrogens is 1. The van der Waals surface area contributed by atoms with E-state index in [1.54, 1.807) is 32.9 Å². The van der Waals surface area contributed by atoms with Crippen molar-refractivity contribution in [3.05, 3.63) is 40.5 Å². The van der Waals surface area contributed by atoms with Crippen LogP contribution in [-0.2, 0) is 16.0 Å². The third-order valence-corrected chi connectivity index (χ3v) is 7.34. The van der Waals surface area contributed by atoms with Crippen LogP contribution in [0.15, 0.2) is 37.9 Å². The molecule has 0 aliphatic carbocycles. The Balaban J connectivity index is 1.24. The number of aryl methyl sites for hydroxylation is 1. The van der Waals surface area contributed by atoms with Crippen molar-refractivity contribution in [2.75, 3.05) is 30.0 Å². The number of aromatic amines is 1. The molecule has 0 saturated heterocycles. The van der Waals surface area contributed by atoms with Gasteiger partial charge in [0.15, 0.2) is 16.0 Å². The second-order valence-corrected chi connectivity index (χ2v) is 11.6. The highest BCUT2D eigenvalue weighted by Gasteiger charge is 2.23. The number of nitrogens with one attached hydrogen (secondary N) is 4. The standard InChI is InChI=1S/C25H30N8O5S2/c1-25(2,3)37-23(36)29-20-18(40-24(30-20)39-4)21-28-17(38-33-21)11-10-16(34)26-12-7-13-27-19-14-8-5-6-9-15(14)22(35)32-31-19/h5-6,8-9H,7,10-13H2,1-4H3,(H,26,34)(H,27,31)(H,29,36)(H,32,35). The highest BCUT2D eigenvalue weighted by molar-refractivity contribution is 8.00. The highest BCUT2D eigenvalue weighted by atomic mass is 32.2. The molecule has 0 fully saturated rings. The summed E-state index contributed by atoms with van der Waals surface area (Å²) in [4.78, 5) is 45.8. The number of carbonyl (C=O) groups is 2. The minimum atomic E-state index is -0.658. The van der Waals surface area contributed by atoms with Crippen molar-refractivity contribution in [2.24, 2.45) is 0 Å². The molecule has 1 aromatic carbocycles. The van der Waals surface area contributed by atoms with Crippen molar-refractivity contribution in [1.82, 2.24) is 30.6 Å². The Bertz CT molecular complexity index is 1540. The van der Waals surface area contributed by atoms with E-state index in [2.05, 4.69) is 41.3 Å². The van der Waals surface area contributed by atoms with Crippen LogP contribution in [0.1, 0.15) is 39.5 Å². The zero-order chi connectivity index (χ0) is 28.7. The van der Waals surface area contributed by atoms with Crippen LogP contribution in [0.2, 0.25) is 0 Å². The molecule has 4 N–H and O–H groups in total. The Morgan fingerprint density at radius 2 is 1.90 bits per heavy atom. The van der Waals surface area contributed by atoms with Crippen molar-refractivity contribution in [1.29, 1.82) is 0 Å². The average molecular weight is 587 g/mol. The number of nitrogens with zero attached hydrogens (tertiary/aromatic N) is 4. The van der Waals surface area contributed by atoms with Gasteiger partial charge in [-0.1, -0.05) is 35.1 Å². The summed E-state index contributed by atoms with van der Waals surface area (Å²) in [5, 5.41) is 20.6. The number of rotatable bonds is 11. The van der Waals surface area contributed by atoms with Crippen LogP contribution in [0.4, 0.5) is 16.4 Å². The first-order chi connectivity index (χ1) is 19.1. The van der Waals surface area contributed by atoms with Gasteiger partial charge in [-0.3, -0.25) is 14.9 Å². The Morgan fingerprint density at radius 3 is 2.65 bits per heavy atom. The van der Waals surface area contributed by atoms with Crippen LogP contribution < -0.4 is 21.5 Å². The first-order valence-corrected chi connectivity index (χ1v) is 14.5. The molecular formula is C25H30N8O5S2. The number of aromatic nitrogens is 5. The van der Waals surface area contributed by atoms with Crippen LogP contribution in [0, 0.1) is 0 Å². The molecular weight excluding hydrogens is 556 g/mol. The van der Waals surface area contributed by atoms with E-state index in [0.717, 1.165) is 5.39 Å². The molecule has 3 aromatic heterocycles. The fourth-order valence-electron chi connectivity index (χ4n) is 3.55. The Morgan fingerprint density at radius 1 is 1.12 bits per heavy atom. The average Bonchev–Trinajstić information content (AvgIpc) is 3.54. The van der Waals surface area contributed by atoms with Gasteiger partial charge in [-0.25, -0.2) is 14.9 Å². The van der Waals surface area contributed by atoms with Gasteiger partial charge < -0.3 is 19.9 Å². The van der Waals surface area contributed by atoms with Crippen LogP contribution in [0.25, 0.3) is 21.5 Å². The Kier molecular flexibility index (Phi) is 9.37. The topological polar surface area (TPSA) is 177 Å². The lowest BCUT2D eigenvalue weighted by Crippen LogP contribution is -2.27. The van der Waals surface area contributed by atoms with E-state index >= 15 is 0 Å². The van der Waals surface area contributed by atoms with Gasteiger partial charge in [0.05, 0.1) is 5.39 Å². The molecule has 4 rings (SSSR count). The van der Waals surface area contributed by atoms with Crippen molar-refractivity contribution in [3.63, 3.8) is 0 Å². The molecule has 15 heteroatoms. The molecule has 3 heterocycles. The molecule has 0 atom stereocenters. The van der Waals surface area contributed by atoms with E-state index in [4.69, 9.17) is 9.26 Å². The van der Waals surface area contributed by atoms with Gasteiger partial charge in [0, 0.05) is 31.3 Å². The summed E-state index contributed by atoms with van der Waals surface area (Å²) in [5.41, 5.74) is -0.898. The molecule has 0 unspecified atom stereocenters. The van der Waals surface area contributed by atoms with E-state index in [1.807, 2.05) is 18.4 Å². The van der Waals surface area contributed by atoms with Crippen LogP contribution in [-0.4, -0.2) is 62.3 Å². The van der Waals surface area contributed by atoms with Crippen molar-refractivity contribution in [3.8, 4) is 10.7 Å². The van der Waals surface area contributed by atoms with E-state index in [9.17, 15) is 14.4 Å². The number of anilines is 2. The van der Waals surface area contributed by atoms with Gasteiger partial charge >= 0.3 is 6.09 Å². The number of ether oxygens (including phenoxy) is 1. The maximum atomic E-state index is 12.3. The maximum absolute atomic E-state index is 12.3. The third-order valence-electron chi connectivity index (χ3n) is 5.30. The van der Waals surface area contributed by atoms with Crippen LogP contribution in [0.3, 0.4) is 0 Å². The number of carbonyl (C=O) groups excluding carboxylic acids is 2. The number of hydrogen-bond donors (Lipinski definition) is 4. The first-order valence-electron chi connectivity index (χ1n) is 12.5. The lowest BCUT2D eigenvalue weighted by atomic mass is 10.2. The third kappa shape index (κ3) is 7.79. The minimum Gasteiger partial charge on any atom is -0.444 e. The predicted octanol–water partition coefficient (Wildman–Crippen LogP) is 4.05. The van der Waals surface area contributed by atoms with Crippen molar-refractivity contribution >= 4 is 57.5 Å². The second-order valence-electron chi connectivity index (χ2n) is 9.58. The monoisotopic (exact) mass is 586 g/mol. The zero-order valence-corrected chi connectivity index (χ0v) is 24.1. The summed E-state index contributed by atoms with van der Waals surface area (Å²) < 4.78 is 11.4. The number of benzene rings is 1. The van der Waals surface area contributed by atoms with Gasteiger partial charge in [-0.15, -0.1) is 11.3 Å². The summed E-state index contributed by atoms with van der Waals surface area (Å²) in [6.45, 7) is 6.33. The van der Waals surface area contributed by atoms with Crippen LogP contribution in [0.5, 0.6) is 0 Å². The van der Waals surface area contributed by atoms with Gasteiger partial charge in [0.25, 0.3) is 5.56 Å². The quantitative estimate of drug-likeness (QED) is 0.147. The molecule has 4 aromatic rings. The fourth-order valence-corrected chi connectivity index (χ4v) is 5.00. The Hall–Kier alpha value is -3.98. The SMILES string of the molecule is CSc1nc(NC(=O)OC(C)(C)C)c(-c2noc(CCC(=O)NCCCNc3n[nH]c(=O)c4ccccc34)n2)s1. The largest absolute Gasteiger partial charge is 0.444 e. The number of thiazole rings is 1. The number of hydrogen-bond acceptors (Lipinski definition) is 12. The molecule has 212 valence electrons. The van der Waals surface area contributed by atoms with E-state index in [-0.39, 0.29) is 36.0 Å². The van der Waals surface area contributed by atoms with Crippen molar-refractivity contribution < 1.29 is 18.8 Å². The molecule has 0 spiro atoms. The number of amides is 2. The molecule has 0 aliphatic heterocycles. The fraction of sp³-hybridized carbons (Fsp3) is 0.400. The Labute approximate surface area is 237 Å². The molecule has 0 radical (unpaired) electrons. The normalized spacial score (nSPS) is 11.4.